The molecule has 7 heteroatoms. The Hall–Kier alpha value is -2.25. The van der Waals surface area contributed by atoms with Crippen molar-refractivity contribution in [2.75, 3.05) is 32.9 Å². The van der Waals surface area contributed by atoms with Crippen molar-refractivity contribution in [3.05, 3.63) is 35.4 Å². The summed E-state index contributed by atoms with van der Waals surface area (Å²) in [5.74, 6) is -0.820. The maximum absolute atomic E-state index is 12.6. The molecule has 2 N–H and O–H groups in total. The number of nitrogens with zero attached hydrogens (tertiary/aromatic N) is 1. The predicted octanol–water partition coefficient (Wildman–Crippen LogP) is 1.21. The predicted molar refractivity (Wildman–Crippen MR) is 98.2 cm³/mol. The van der Waals surface area contributed by atoms with Gasteiger partial charge < -0.3 is 15.2 Å². The number of benzene rings is 1. The van der Waals surface area contributed by atoms with E-state index in [4.69, 9.17) is 9.84 Å². The van der Waals surface area contributed by atoms with Crippen LogP contribution in [0.25, 0.3) is 0 Å². The Morgan fingerprint density at radius 1 is 1.11 bits per heavy atom. The van der Waals surface area contributed by atoms with Crippen LogP contribution < -0.4 is 5.32 Å². The first-order valence-electron chi connectivity index (χ1n) is 9.55. The van der Waals surface area contributed by atoms with Gasteiger partial charge in [-0.05, 0) is 30.9 Å². The smallest absolute Gasteiger partial charge is 0.261 e. The van der Waals surface area contributed by atoms with Gasteiger partial charge in [-0.15, -0.1) is 0 Å². The molecule has 27 heavy (non-hydrogen) atoms. The van der Waals surface area contributed by atoms with E-state index < -0.39 is 0 Å². The highest BCUT2D eigenvalue weighted by molar-refractivity contribution is 6.21. The van der Waals surface area contributed by atoms with Gasteiger partial charge in [-0.1, -0.05) is 25.0 Å². The van der Waals surface area contributed by atoms with Crippen molar-refractivity contribution in [3.63, 3.8) is 0 Å². The molecule has 1 saturated carbocycles. The molecule has 0 saturated heterocycles. The summed E-state index contributed by atoms with van der Waals surface area (Å²) in [4.78, 5) is 39.1. The van der Waals surface area contributed by atoms with Crippen LogP contribution in [0, 0.1) is 11.8 Å². The first-order chi connectivity index (χ1) is 13.1. The topological polar surface area (TPSA) is 95.9 Å². The van der Waals surface area contributed by atoms with Crippen molar-refractivity contribution in [2.24, 2.45) is 11.8 Å². The number of imide groups is 1. The lowest BCUT2D eigenvalue weighted by Crippen LogP contribution is -2.44. The van der Waals surface area contributed by atoms with Crippen LogP contribution in [0.2, 0.25) is 0 Å². The number of fused-ring (bicyclic) bond motifs is 1. The zero-order valence-corrected chi connectivity index (χ0v) is 15.4. The van der Waals surface area contributed by atoms with E-state index in [1.54, 1.807) is 24.3 Å². The number of nitrogens with one attached hydrogen (secondary N) is 1. The Labute approximate surface area is 158 Å². The second-order valence-electron chi connectivity index (χ2n) is 7.04. The fourth-order valence-corrected chi connectivity index (χ4v) is 3.95. The molecular weight excluding hydrogens is 348 g/mol. The van der Waals surface area contributed by atoms with Gasteiger partial charge in [0, 0.05) is 19.0 Å². The van der Waals surface area contributed by atoms with Gasteiger partial charge in [0.2, 0.25) is 5.91 Å². The van der Waals surface area contributed by atoms with Crippen molar-refractivity contribution in [1.29, 1.82) is 0 Å². The van der Waals surface area contributed by atoms with Gasteiger partial charge in [-0.2, -0.15) is 0 Å². The van der Waals surface area contributed by atoms with Crippen LogP contribution in [0.3, 0.4) is 0 Å². The van der Waals surface area contributed by atoms with Gasteiger partial charge >= 0.3 is 0 Å². The van der Waals surface area contributed by atoms with E-state index in [9.17, 15) is 14.4 Å². The van der Waals surface area contributed by atoms with E-state index in [0.717, 1.165) is 25.7 Å². The standard InChI is InChI=1S/C20H26N2O5/c23-10-12-27-11-9-21-18(24)15-6-2-1-5-14(15)13-22-19(25)16-7-3-4-8-17(16)20(22)26/h3-4,7-8,14-15,23H,1-2,5-6,9-13H2,(H,21,24). The van der Waals surface area contributed by atoms with Gasteiger partial charge in [0.1, 0.15) is 0 Å². The summed E-state index contributed by atoms with van der Waals surface area (Å²) in [6.07, 6.45) is 3.55. The van der Waals surface area contributed by atoms with Gasteiger partial charge in [-0.25, -0.2) is 0 Å². The molecule has 1 aromatic rings. The minimum Gasteiger partial charge on any atom is -0.394 e. The number of hydrogen-bond acceptors (Lipinski definition) is 5. The Morgan fingerprint density at radius 2 is 1.78 bits per heavy atom. The third-order valence-corrected chi connectivity index (χ3v) is 5.32. The van der Waals surface area contributed by atoms with Crippen LogP contribution in [0.5, 0.6) is 0 Å². The Morgan fingerprint density at radius 3 is 2.44 bits per heavy atom. The molecule has 1 aliphatic carbocycles. The maximum Gasteiger partial charge on any atom is 0.261 e. The molecule has 1 heterocycles. The maximum atomic E-state index is 12.6. The third-order valence-electron chi connectivity index (χ3n) is 5.32. The SMILES string of the molecule is O=C(NCCOCCO)C1CCCCC1CN1C(=O)c2ccccc2C1=O. The second kappa shape index (κ2) is 9.10. The van der Waals surface area contributed by atoms with Crippen LogP contribution in [0.4, 0.5) is 0 Å². The summed E-state index contributed by atoms with van der Waals surface area (Å²) in [5.41, 5.74) is 0.890. The number of aliphatic hydroxyl groups is 1. The zero-order chi connectivity index (χ0) is 19.2. The number of amides is 3. The number of aliphatic hydroxyl groups excluding tert-OH is 1. The average Bonchev–Trinajstić information content (AvgIpc) is 2.93. The van der Waals surface area contributed by atoms with E-state index >= 15 is 0 Å². The third kappa shape index (κ3) is 4.36. The molecule has 0 bridgehead atoms. The quantitative estimate of drug-likeness (QED) is 0.527. The molecule has 0 radical (unpaired) electrons. The van der Waals surface area contributed by atoms with Gasteiger partial charge in [-0.3, -0.25) is 19.3 Å². The molecule has 1 aromatic carbocycles. The lowest BCUT2D eigenvalue weighted by atomic mass is 9.78. The number of rotatable bonds is 8. The molecular formula is C20H26N2O5. The average molecular weight is 374 g/mol. The van der Waals surface area contributed by atoms with E-state index in [2.05, 4.69) is 5.32 Å². The molecule has 2 aliphatic rings. The van der Waals surface area contributed by atoms with E-state index in [-0.39, 0.29) is 49.3 Å². The summed E-state index contributed by atoms with van der Waals surface area (Å²) < 4.78 is 5.16. The summed E-state index contributed by atoms with van der Waals surface area (Å²) in [6, 6.07) is 6.85. The van der Waals surface area contributed by atoms with E-state index in [1.807, 2.05) is 0 Å². The highest BCUT2D eigenvalue weighted by atomic mass is 16.5. The highest BCUT2D eigenvalue weighted by Crippen LogP contribution is 2.33. The monoisotopic (exact) mass is 374 g/mol. The largest absolute Gasteiger partial charge is 0.394 e. The summed E-state index contributed by atoms with van der Waals surface area (Å²) in [7, 11) is 0. The molecule has 1 aliphatic heterocycles. The minimum absolute atomic E-state index is 0.0284. The van der Waals surface area contributed by atoms with Crippen LogP contribution in [-0.2, 0) is 9.53 Å². The van der Waals surface area contributed by atoms with Crippen molar-refractivity contribution in [2.45, 2.75) is 25.7 Å². The van der Waals surface area contributed by atoms with Crippen LogP contribution >= 0.6 is 0 Å². The number of hydrogen-bond donors (Lipinski definition) is 2. The molecule has 3 amide bonds. The molecule has 146 valence electrons. The van der Waals surface area contributed by atoms with Gasteiger partial charge in [0.05, 0.1) is 30.9 Å². The second-order valence-corrected chi connectivity index (χ2v) is 7.04. The fourth-order valence-electron chi connectivity index (χ4n) is 3.95. The normalized spacial score (nSPS) is 22.0. The number of carbonyl (C=O) groups excluding carboxylic acids is 3. The molecule has 1 fully saturated rings. The Bertz CT molecular complexity index is 670. The molecule has 0 aromatic heterocycles. The van der Waals surface area contributed by atoms with Crippen molar-refractivity contribution in [1.82, 2.24) is 10.2 Å². The summed E-state index contributed by atoms with van der Waals surface area (Å²) in [6.45, 7) is 1.23. The fraction of sp³-hybridized carbons (Fsp3) is 0.550. The minimum atomic E-state index is -0.266. The zero-order valence-electron chi connectivity index (χ0n) is 15.4. The van der Waals surface area contributed by atoms with Gasteiger partial charge in [0.25, 0.3) is 11.8 Å². The summed E-state index contributed by atoms with van der Waals surface area (Å²) >= 11 is 0. The van der Waals surface area contributed by atoms with Crippen molar-refractivity contribution in [3.8, 4) is 0 Å². The lowest BCUT2D eigenvalue weighted by molar-refractivity contribution is -0.128. The van der Waals surface area contributed by atoms with E-state index in [1.165, 1.54) is 4.90 Å². The van der Waals surface area contributed by atoms with E-state index in [0.29, 0.717) is 24.3 Å². The first kappa shape index (κ1) is 19.5. The number of ether oxygens (including phenoxy) is 1. The molecule has 2 unspecified atom stereocenters. The molecule has 2 atom stereocenters. The van der Waals surface area contributed by atoms with Crippen molar-refractivity contribution < 1.29 is 24.2 Å². The first-order valence-corrected chi connectivity index (χ1v) is 9.55. The Kier molecular flexibility index (Phi) is 6.58. The van der Waals surface area contributed by atoms with Crippen LogP contribution in [0.15, 0.2) is 24.3 Å². The number of carbonyl (C=O) groups is 3. The summed E-state index contributed by atoms with van der Waals surface area (Å²) in [5, 5.41) is 11.6. The van der Waals surface area contributed by atoms with Crippen LogP contribution in [0.1, 0.15) is 46.4 Å². The van der Waals surface area contributed by atoms with Crippen LogP contribution in [-0.4, -0.2) is 60.6 Å². The lowest BCUT2D eigenvalue weighted by Gasteiger charge is -2.32. The van der Waals surface area contributed by atoms with Gasteiger partial charge in [0.15, 0.2) is 0 Å². The highest BCUT2D eigenvalue weighted by Gasteiger charge is 2.39. The molecule has 3 rings (SSSR count). The molecule has 0 spiro atoms. The molecule has 7 nitrogen and oxygen atoms in total. The Balaban J connectivity index is 1.60. The van der Waals surface area contributed by atoms with Crippen molar-refractivity contribution >= 4 is 17.7 Å².